The van der Waals surface area contributed by atoms with Gasteiger partial charge in [0.25, 0.3) is 11.7 Å². The molecule has 8 nitrogen and oxygen atoms in total. The van der Waals surface area contributed by atoms with Crippen molar-refractivity contribution in [3.8, 4) is 0 Å². The molecule has 118 valence electrons. The van der Waals surface area contributed by atoms with Gasteiger partial charge < -0.3 is 5.32 Å². The number of urea groups is 1. The molecule has 0 saturated carbocycles. The van der Waals surface area contributed by atoms with Crippen LogP contribution in [0.3, 0.4) is 0 Å². The van der Waals surface area contributed by atoms with Crippen molar-refractivity contribution >= 4 is 41.2 Å². The van der Waals surface area contributed by atoms with Crippen LogP contribution in [0.25, 0.3) is 0 Å². The largest absolute Gasteiger partial charge is 0.445 e. The van der Waals surface area contributed by atoms with Crippen molar-refractivity contribution in [2.45, 2.75) is 6.92 Å². The number of aromatic nitrogens is 1. The summed E-state index contributed by atoms with van der Waals surface area (Å²) in [7, 11) is 2.97. The standard InChI is InChI=1S/C14H13N5O3S/c1-7-16-10(6-23-7)12(20)17-8-4-9-11(15-5-8)18(2)14(22)19(3)13(9)21/h4-6,9H,1-3H3/p+1. The van der Waals surface area contributed by atoms with E-state index in [1.807, 2.05) is 6.92 Å². The number of nitrogens with one attached hydrogen (secondary N) is 1. The number of amides is 4. The number of amidine groups is 1. The van der Waals surface area contributed by atoms with Crippen molar-refractivity contribution in [3.63, 3.8) is 0 Å². The second-order valence-electron chi connectivity index (χ2n) is 5.16. The molecule has 0 fully saturated rings. The van der Waals surface area contributed by atoms with E-state index < -0.39 is 11.9 Å². The average Bonchev–Trinajstić information content (AvgIpc) is 2.97. The predicted octanol–water partition coefficient (Wildman–Crippen LogP) is 0.399. The van der Waals surface area contributed by atoms with Crippen molar-refractivity contribution in [2.75, 3.05) is 14.1 Å². The molecule has 1 unspecified atom stereocenters. The van der Waals surface area contributed by atoms with Gasteiger partial charge in [0, 0.05) is 5.38 Å². The van der Waals surface area contributed by atoms with Crippen LogP contribution in [-0.2, 0) is 4.79 Å². The maximum absolute atomic E-state index is 12.2. The van der Waals surface area contributed by atoms with Crippen LogP contribution in [0.4, 0.5) is 4.79 Å². The number of fused-ring (bicyclic) bond motifs is 1. The minimum atomic E-state index is -0.694. The van der Waals surface area contributed by atoms with E-state index in [4.69, 9.17) is 0 Å². The zero-order chi connectivity index (χ0) is 16.7. The highest BCUT2D eigenvalue weighted by molar-refractivity contribution is 7.09. The van der Waals surface area contributed by atoms with Gasteiger partial charge in [-0.1, -0.05) is 0 Å². The molecule has 4 amide bonds. The van der Waals surface area contributed by atoms with Crippen LogP contribution in [0.1, 0.15) is 15.5 Å². The van der Waals surface area contributed by atoms with Crippen LogP contribution in [0, 0.1) is 12.8 Å². The monoisotopic (exact) mass is 332 g/mol. The number of aryl methyl sites for hydroxylation is 1. The summed E-state index contributed by atoms with van der Waals surface area (Å²) in [6.45, 7) is 1.81. The summed E-state index contributed by atoms with van der Waals surface area (Å²) in [5.41, 5.74) is 0.717. The number of dihydropyridines is 1. The Balaban J connectivity index is 1.86. The number of rotatable bonds is 2. The number of hydrogen-bond donors (Lipinski definition) is 1. The molecule has 9 heteroatoms. The molecule has 0 bridgehead atoms. The maximum Gasteiger partial charge on any atom is 0.445 e. The van der Waals surface area contributed by atoms with Crippen LogP contribution in [-0.4, -0.2) is 58.5 Å². The van der Waals surface area contributed by atoms with Crippen LogP contribution >= 0.6 is 11.3 Å². The zero-order valence-corrected chi connectivity index (χ0v) is 13.5. The van der Waals surface area contributed by atoms with Crippen LogP contribution in [0.15, 0.2) is 22.1 Å². The smallest absolute Gasteiger partial charge is 0.318 e. The zero-order valence-electron chi connectivity index (χ0n) is 12.7. The fourth-order valence-corrected chi connectivity index (χ4v) is 2.95. The minimum absolute atomic E-state index is 0.316. The Hall–Kier alpha value is -2.68. The minimum Gasteiger partial charge on any atom is -0.318 e. The van der Waals surface area contributed by atoms with Gasteiger partial charge >= 0.3 is 11.9 Å². The Kier molecular flexibility index (Phi) is 3.64. The lowest BCUT2D eigenvalue weighted by Crippen LogP contribution is -2.52. The summed E-state index contributed by atoms with van der Waals surface area (Å²) in [5, 5.41) is 5.13. The lowest BCUT2D eigenvalue weighted by atomic mass is 10.0. The number of carbonyl (C=O) groups is 3. The molecule has 2 aliphatic rings. The van der Waals surface area contributed by atoms with Gasteiger partial charge in [0.1, 0.15) is 11.9 Å². The van der Waals surface area contributed by atoms with Crippen molar-refractivity contribution in [1.29, 1.82) is 0 Å². The predicted molar refractivity (Wildman–Crippen MR) is 83.7 cm³/mol. The van der Waals surface area contributed by atoms with E-state index in [1.165, 1.54) is 29.2 Å². The van der Waals surface area contributed by atoms with E-state index in [0.29, 0.717) is 17.2 Å². The van der Waals surface area contributed by atoms with Crippen LogP contribution < -0.4 is 5.32 Å². The average molecular weight is 332 g/mol. The van der Waals surface area contributed by atoms with Crippen LogP contribution in [0.5, 0.6) is 0 Å². The molecule has 1 aromatic rings. The molecule has 0 aliphatic carbocycles. The Morgan fingerprint density at radius 3 is 2.83 bits per heavy atom. The first kappa shape index (κ1) is 15.2. The van der Waals surface area contributed by atoms with Gasteiger partial charge in [0.15, 0.2) is 5.92 Å². The summed E-state index contributed by atoms with van der Waals surface area (Å²) in [6, 6.07) is -0.433. The molecular formula is C14H14N5O3S+. The molecule has 0 radical (unpaired) electrons. The van der Waals surface area contributed by atoms with Crippen molar-refractivity contribution in [2.24, 2.45) is 10.9 Å². The van der Waals surface area contributed by atoms with Crippen molar-refractivity contribution in [1.82, 2.24) is 15.2 Å². The second kappa shape index (κ2) is 5.51. The third-order valence-electron chi connectivity index (χ3n) is 3.58. The summed E-state index contributed by atoms with van der Waals surface area (Å²) in [6.07, 6.45) is 3.01. The number of hydrogen-bond acceptors (Lipinski definition) is 6. The summed E-state index contributed by atoms with van der Waals surface area (Å²) in [5.74, 6) is -1.09. The van der Waals surface area contributed by atoms with Gasteiger partial charge in [-0.2, -0.15) is 9.48 Å². The lowest BCUT2D eigenvalue weighted by molar-refractivity contribution is -0.407. The third kappa shape index (κ3) is 2.59. The number of aliphatic imine (C=N–C) groups is 1. The van der Waals surface area contributed by atoms with Gasteiger partial charge in [-0.05, 0) is 13.0 Å². The Morgan fingerprint density at radius 2 is 2.17 bits per heavy atom. The molecule has 23 heavy (non-hydrogen) atoms. The number of imide groups is 1. The molecular weight excluding hydrogens is 318 g/mol. The van der Waals surface area contributed by atoms with E-state index in [2.05, 4.69) is 15.3 Å². The van der Waals surface area contributed by atoms with Gasteiger partial charge in [0.05, 0.1) is 24.8 Å². The highest BCUT2D eigenvalue weighted by Crippen LogP contribution is 2.18. The molecule has 1 aromatic heterocycles. The first-order chi connectivity index (χ1) is 10.9. The first-order valence-electron chi connectivity index (χ1n) is 6.80. The van der Waals surface area contributed by atoms with Crippen molar-refractivity contribution in [3.05, 3.63) is 27.9 Å². The molecule has 0 aromatic carbocycles. The maximum atomic E-state index is 12.2. The Morgan fingerprint density at radius 1 is 1.43 bits per heavy atom. The SMILES string of the molecule is Cc1nc(C(=O)NC2=CC3C(=O)N(C)C(=O)[N+](C)=C3N=C2)cs1. The van der Waals surface area contributed by atoms with Crippen molar-refractivity contribution < 1.29 is 19.0 Å². The number of allylic oxidation sites excluding steroid dienone is 1. The molecule has 0 spiro atoms. The van der Waals surface area contributed by atoms with E-state index in [9.17, 15) is 14.4 Å². The van der Waals surface area contributed by atoms with E-state index in [1.54, 1.807) is 18.5 Å². The topological polar surface area (TPSA) is 94.7 Å². The summed E-state index contributed by atoms with van der Waals surface area (Å²) >= 11 is 1.38. The fraction of sp³-hybridized carbons (Fsp3) is 0.286. The molecule has 3 heterocycles. The molecule has 3 rings (SSSR count). The first-order valence-corrected chi connectivity index (χ1v) is 7.68. The molecule has 1 N–H and O–H groups in total. The van der Waals surface area contributed by atoms with Gasteiger partial charge in [0.2, 0.25) is 0 Å². The molecule has 2 aliphatic heterocycles. The molecule has 0 saturated heterocycles. The highest BCUT2D eigenvalue weighted by atomic mass is 32.1. The van der Waals surface area contributed by atoms with E-state index in [0.717, 1.165) is 9.91 Å². The third-order valence-corrected chi connectivity index (χ3v) is 4.36. The molecule has 1 atom stereocenters. The van der Waals surface area contributed by atoms with Gasteiger partial charge in [-0.25, -0.2) is 9.78 Å². The van der Waals surface area contributed by atoms with E-state index in [-0.39, 0.29) is 11.8 Å². The lowest BCUT2D eigenvalue weighted by Gasteiger charge is -2.23. The van der Waals surface area contributed by atoms with Gasteiger partial charge in [-0.3, -0.25) is 9.59 Å². The second-order valence-corrected chi connectivity index (χ2v) is 6.22. The Labute approximate surface area is 135 Å². The number of carbonyl (C=O) groups excluding carboxylic acids is 3. The highest BCUT2D eigenvalue weighted by Gasteiger charge is 2.44. The van der Waals surface area contributed by atoms with Crippen LogP contribution in [0.2, 0.25) is 0 Å². The quantitative estimate of drug-likeness (QED) is 0.793. The van der Waals surface area contributed by atoms with E-state index >= 15 is 0 Å². The fourth-order valence-electron chi connectivity index (χ4n) is 2.35. The summed E-state index contributed by atoms with van der Waals surface area (Å²) < 4.78 is 1.32. The Bertz CT molecular complexity index is 820. The van der Waals surface area contributed by atoms with Gasteiger partial charge in [-0.15, -0.1) is 16.3 Å². The summed E-state index contributed by atoms with van der Waals surface area (Å²) in [4.78, 5) is 45.5. The normalized spacial score (nSPS) is 20.6. The number of nitrogens with zero attached hydrogens (tertiary/aromatic N) is 4. The number of thiazole rings is 1.